The Hall–Kier alpha value is -0.860. The Kier molecular flexibility index (Phi) is 4.32. The number of thioether (sulfide) groups is 1. The summed E-state index contributed by atoms with van der Waals surface area (Å²) < 4.78 is 53.3. The number of nitrogen functional groups attached to an aromatic ring is 1. The SMILES string of the molecule is Nc1cc(F)c(F)c(S(=O)(=O)NC2CCCSC2)c1. The topological polar surface area (TPSA) is 72.2 Å². The Morgan fingerprint density at radius 2 is 2.11 bits per heavy atom. The van der Waals surface area contributed by atoms with Gasteiger partial charge in [-0.3, -0.25) is 0 Å². The van der Waals surface area contributed by atoms with Crippen LogP contribution in [0.2, 0.25) is 0 Å². The zero-order valence-electron chi connectivity index (χ0n) is 10.0. The van der Waals surface area contributed by atoms with Crippen LogP contribution in [-0.2, 0) is 10.0 Å². The average molecular weight is 308 g/mol. The van der Waals surface area contributed by atoms with Crippen molar-refractivity contribution in [3.63, 3.8) is 0 Å². The monoisotopic (exact) mass is 308 g/mol. The lowest BCUT2D eigenvalue weighted by Crippen LogP contribution is -2.38. The van der Waals surface area contributed by atoms with Crippen LogP contribution in [0.5, 0.6) is 0 Å². The molecule has 1 fully saturated rings. The Labute approximate surface area is 114 Å². The van der Waals surface area contributed by atoms with Crippen molar-refractivity contribution in [3.8, 4) is 0 Å². The van der Waals surface area contributed by atoms with Crippen molar-refractivity contribution >= 4 is 27.5 Å². The van der Waals surface area contributed by atoms with E-state index in [4.69, 9.17) is 5.73 Å². The van der Waals surface area contributed by atoms with Gasteiger partial charge in [0.05, 0.1) is 0 Å². The summed E-state index contributed by atoms with van der Waals surface area (Å²) in [6.07, 6.45) is 1.59. The van der Waals surface area contributed by atoms with Gasteiger partial charge in [-0.2, -0.15) is 11.8 Å². The van der Waals surface area contributed by atoms with Crippen molar-refractivity contribution in [1.82, 2.24) is 4.72 Å². The molecule has 0 saturated carbocycles. The molecule has 0 aliphatic carbocycles. The molecule has 1 aliphatic rings. The summed E-state index contributed by atoms with van der Waals surface area (Å²) >= 11 is 1.63. The smallest absolute Gasteiger partial charge is 0.243 e. The zero-order valence-corrected chi connectivity index (χ0v) is 11.7. The third-order valence-corrected chi connectivity index (χ3v) is 5.52. The minimum atomic E-state index is -4.09. The van der Waals surface area contributed by atoms with Gasteiger partial charge in [0, 0.05) is 17.5 Å². The van der Waals surface area contributed by atoms with Crippen LogP contribution in [0.1, 0.15) is 12.8 Å². The van der Waals surface area contributed by atoms with Crippen LogP contribution in [0.15, 0.2) is 17.0 Å². The number of nitrogens with one attached hydrogen (secondary N) is 1. The maximum Gasteiger partial charge on any atom is 0.243 e. The first kappa shape index (κ1) is 14.5. The summed E-state index contributed by atoms with van der Waals surface area (Å²) in [4.78, 5) is -0.736. The second-order valence-corrected chi connectivity index (χ2v) is 7.18. The quantitative estimate of drug-likeness (QED) is 0.834. The fourth-order valence-electron chi connectivity index (χ4n) is 1.90. The summed E-state index contributed by atoms with van der Waals surface area (Å²) in [6.45, 7) is 0. The van der Waals surface area contributed by atoms with Gasteiger partial charge in [-0.25, -0.2) is 21.9 Å². The normalized spacial score (nSPS) is 20.4. The molecule has 4 nitrogen and oxygen atoms in total. The van der Waals surface area contributed by atoms with E-state index >= 15 is 0 Å². The molecule has 1 aromatic rings. The highest BCUT2D eigenvalue weighted by Gasteiger charge is 2.26. The van der Waals surface area contributed by atoms with E-state index < -0.39 is 26.6 Å². The van der Waals surface area contributed by atoms with Gasteiger partial charge in [-0.15, -0.1) is 0 Å². The molecule has 106 valence electrons. The number of halogens is 2. The molecule has 8 heteroatoms. The number of sulfonamides is 1. The lowest BCUT2D eigenvalue weighted by molar-refractivity contribution is 0.480. The highest BCUT2D eigenvalue weighted by Crippen LogP contribution is 2.23. The van der Waals surface area contributed by atoms with Crippen molar-refractivity contribution in [3.05, 3.63) is 23.8 Å². The zero-order chi connectivity index (χ0) is 14.0. The van der Waals surface area contributed by atoms with Gasteiger partial charge in [-0.05, 0) is 30.7 Å². The largest absolute Gasteiger partial charge is 0.399 e. The first-order valence-electron chi connectivity index (χ1n) is 5.75. The van der Waals surface area contributed by atoms with E-state index in [1.54, 1.807) is 11.8 Å². The molecule has 0 amide bonds. The molecule has 1 atom stereocenters. The summed E-state index contributed by atoms with van der Waals surface area (Å²) in [5, 5.41) is 0. The van der Waals surface area contributed by atoms with Crippen LogP contribution in [0.25, 0.3) is 0 Å². The number of hydrogen-bond donors (Lipinski definition) is 2. The number of rotatable bonds is 3. The van der Waals surface area contributed by atoms with Crippen molar-refractivity contribution in [1.29, 1.82) is 0 Å². The highest BCUT2D eigenvalue weighted by molar-refractivity contribution is 7.99. The fraction of sp³-hybridized carbons (Fsp3) is 0.455. The van der Waals surface area contributed by atoms with Gasteiger partial charge in [-0.1, -0.05) is 0 Å². The third kappa shape index (κ3) is 3.37. The summed E-state index contributed by atoms with van der Waals surface area (Å²) in [6, 6.07) is 1.43. The van der Waals surface area contributed by atoms with Crippen LogP contribution in [-0.4, -0.2) is 26.0 Å². The van der Waals surface area contributed by atoms with Crippen molar-refractivity contribution in [2.45, 2.75) is 23.8 Å². The Morgan fingerprint density at radius 1 is 1.37 bits per heavy atom. The third-order valence-electron chi connectivity index (χ3n) is 2.79. The first-order chi connectivity index (χ1) is 8.90. The molecule has 1 saturated heterocycles. The predicted molar refractivity (Wildman–Crippen MR) is 71.4 cm³/mol. The van der Waals surface area contributed by atoms with Gasteiger partial charge in [0.15, 0.2) is 11.6 Å². The van der Waals surface area contributed by atoms with Crippen LogP contribution >= 0.6 is 11.8 Å². The van der Waals surface area contributed by atoms with E-state index in [-0.39, 0.29) is 11.7 Å². The number of anilines is 1. The molecule has 0 spiro atoms. The number of benzene rings is 1. The molecule has 0 aromatic heterocycles. The molecule has 3 N–H and O–H groups in total. The molecule has 2 rings (SSSR count). The van der Waals surface area contributed by atoms with Crippen LogP contribution in [0.3, 0.4) is 0 Å². The van der Waals surface area contributed by atoms with E-state index in [0.717, 1.165) is 24.3 Å². The molecule has 19 heavy (non-hydrogen) atoms. The van der Waals surface area contributed by atoms with Crippen molar-refractivity contribution in [2.24, 2.45) is 0 Å². The van der Waals surface area contributed by atoms with E-state index in [1.807, 2.05) is 0 Å². The lowest BCUT2D eigenvalue weighted by atomic mass is 10.2. The van der Waals surface area contributed by atoms with Gasteiger partial charge >= 0.3 is 0 Å². The maximum absolute atomic E-state index is 13.6. The van der Waals surface area contributed by atoms with Crippen molar-refractivity contribution in [2.75, 3.05) is 17.2 Å². The van der Waals surface area contributed by atoms with E-state index in [2.05, 4.69) is 4.72 Å². The molecular formula is C11H14F2N2O2S2. The maximum atomic E-state index is 13.6. The van der Waals surface area contributed by atoms with Crippen LogP contribution < -0.4 is 10.5 Å². The Balaban J connectivity index is 2.28. The molecular weight excluding hydrogens is 294 g/mol. The predicted octanol–water partition coefficient (Wildman–Crippen LogP) is 1.72. The summed E-state index contributed by atoms with van der Waals surface area (Å²) in [5.41, 5.74) is 5.23. The first-order valence-corrected chi connectivity index (χ1v) is 8.38. The van der Waals surface area contributed by atoms with Gasteiger partial charge in [0.1, 0.15) is 4.90 Å². The summed E-state index contributed by atoms with van der Waals surface area (Å²) in [7, 11) is -4.09. The number of nitrogens with two attached hydrogens (primary N) is 1. The average Bonchev–Trinajstić information content (AvgIpc) is 2.34. The second-order valence-electron chi connectivity index (χ2n) is 4.35. The van der Waals surface area contributed by atoms with Gasteiger partial charge in [0.25, 0.3) is 0 Å². The van der Waals surface area contributed by atoms with E-state index in [9.17, 15) is 17.2 Å². The van der Waals surface area contributed by atoms with Gasteiger partial charge in [0.2, 0.25) is 10.0 Å². The second kappa shape index (κ2) is 5.64. The molecule has 1 aliphatic heterocycles. The van der Waals surface area contributed by atoms with Crippen LogP contribution in [0.4, 0.5) is 14.5 Å². The molecule has 0 bridgehead atoms. The molecule has 1 unspecified atom stereocenters. The minimum absolute atomic E-state index is 0.128. The minimum Gasteiger partial charge on any atom is -0.399 e. The summed E-state index contributed by atoms with van der Waals surface area (Å²) in [5.74, 6) is -1.05. The van der Waals surface area contributed by atoms with Crippen molar-refractivity contribution < 1.29 is 17.2 Å². The Bertz CT molecular complexity index is 572. The van der Waals surface area contributed by atoms with Gasteiger partial charge < -0.3 is 5.73 Å². The highest BCUT2D eigenvalue weighted by atomic mass is 32.2. The molecule has 1 aromatic carbocycles. The Morgan fingerprint density at radius 3 is 2.74 bits per heavy atom. The number of hydrogen-bond acceptors (Lipinski definition) is 4. The standard InChI is InChI=1S/C11H14F2N2O2S2/c12-9-4-7(14)5-10(11(9)13)19(16,17)15-8-2-1-3-18-6-8/h4-5,8,15H,1-3,6,14H2. The van der Waals surface area contributed by atoms with E-state index in [0.29, 0.717) is 12.2 Å². The lowest BCUT2D eigenvalue weighted by Gasteiger charge is -2.22. The fourth-order valence-corrected chi connectivity index (χ4v) is 4.47. The van der Waals surface area contributed by atoms with E-state index in [1.165, 1.54) is 0 Å². The molecule has 1 heterocycles. The molecule has 0 radical (unpaired) electrons. The van der Waals surface area contributed by atoms with Crippen LogP contribution in [0, 0.1) is 11.6 Å².